The van der Waals surface area contributed by atoms with Crippen molar-refractivity contribution in [1.29, 1.82) is 0 Å². The summed E-state index contributed by atoms with van der Waals surface area (Å²) in [6, 6.07) is 5.31. The predicted octanol–water partition coefficient (Wildman–Crippen LogP) is 1.93. The molecule has 0 spiro atoms. The summed E-state index contributed by atoms with van der Waals surface area (Å²) in [6.45, 7) is 6.60. The van der Waals surface area contributed by atoms with E-state index in [1.54, 1.807) is 18.7 Å². The maximum atomic E-state index is 12.2. The van der Waals surface area contributed by atoms with Crippen molar-refractivity contribution in [3.05, 3.63) is 29.8 Å². The van der Waals surface area contributed by atoms with Gasteiger partial charge in [-0.1, -0.05) is 6.92 Å². The molecular weight excluding hydrogens is 356 g/mol. The first-order chi connectivity index (χ1) is 12.2. The van der Waals surface area contributed by atoms with Gasteiger partial charge in [0.1, 0.15) is 0 Å². The molecule has 2 rings (SSSR count). The van der Waals surface area contributed by atoms with Crippen LogP contribution in [0, 0.1) is 0 Å². The first-order valence-corrected chi connectivity index (χ1v) is 10.3. The van der Waals surface area contributed by atoms with Crippen LogP contribution in [0.4, 0.5) is 0 Å². The second-order valence-corrected chi connectivity index (χ2v) is 8.25. The average molecular weight is 382 g/mol. The topological polar surface area (TPSA) is 92.8 Å². The molecule has 2 unspecified atom stereocenters. The van der Waals surface area contributed by atoms with E-state index in [1.165, 1.54) is 24.3 Å². The third-order valence-corrected chi connectivity index (χ3v) is 6.02. The number of esters is 1. The molecule has 0 radical (unpaired) electrons. The summed E-state index contributed by atoms with van der Waals surface area (Å²) in [6.07, 6.45) is 1.74. The van der Waals surface area contributed by atoms with E-state index in [9.17, 15) is 18.0 Å². The van der Waals surface area contributed by atoms with Crippen LogP contribution in [0.25, 0.3) is 0 Å². The predicted molar refractivity (Wildman–Crippen MR) is 97.2 cm³/mol. The number of ether oxygens (including phenoxy) is 1. The van der Waals surface area contributed by atoms with Gasteiger partial charge in [-0.3, -0.25) is 4.79 Å². The normalized spacial score (nSPS) is 17.0. The molecule has 0 aromatic heterocycles. The molecule has 7 nitrogen and oxygen atoms in total. The van der Waals surface area contributed by atoms with Gasteiger partial charge in [-0.25, -0.2) is 17.9 Å². The van der Waals surface area contributed by atoms with Gasteiger partial charge in [0.05, 0.1) is 10.5 Å². The zero-order chi connectivity index (χ0) is 19.3. The van der Waals surface area contributed by atoms with Crippen LogP contribution in [0.3, 0.4) is 0 Å². The molecule has 0 saturated carbocycles. The number of nitrogens with one attached hydrogen (secondary N) is 1. The first kappa shape index (κ1) is 20.4. The zero-order valence-electron chi connectivity index (χ0n) is 15.4. The summed E-state index contributed by atoms with van der Waals surface area (Å²) in [5.74, 6) is -0.850. The Morgan fingerprint density at radius 3 is 2.27 bits per heavy atom. The van der Waals surface area contributed by atoms with E-state index in [-0.39, 0.29) is 22.4 Å². The number of likely N-dealkylation sites (tertiary alicyclic amines) is 1. The van der Waals surface area contributed by atoms with E-state index in [0.29, 0.717) is 19.5 Å². The van der Waals surface area contributed by atoms with Crippen LogP contribution >= 0.6 is 0 Å². The molecule has 1 aromatic rings. The minimum Gasteiger partial charge on any atom is -0.449 e. The van der Waals surface area contributed by atoms with E-state index >= 15 is 0 Å². The van der Waals surface area contributed by atoms with Crippen LogP contribution in [0.1, 0.15) is 50.4 Å². The molecule has 1 aromatic carbocycles. The number of hydrogen-bond donors (Lipinski definition) is 1. The Kier molecular flexibility index (Phi) is 6.77. The minimum atomic E-state index is -3.62. The number of carbonyl (C=O) groups is 2. The van der Waals surface area contributed by atoms with Gasteiger partial charge in [-0.15, -0.1) is 0 Å². The molecule has 8 heteroatoms. The van der Waals surface area contributed by atoms with Crippen molar-refractivity contribution >= 4 is 21.9 Å². The Morgan fingerprint density at radius 1 is 1.15 bits per heavy atom. The molecule has 1 saturated heterocycles. The smallest absolute Gasteiger partial charge is 0.338 e. The van der Waals surface area contributed by atoms with Crippen LogP contribution in [-0.2, 0) is 19.6 Å². The highest BCUT2D eigenvalue weighted by atomic mass is 32.2. The lowest BCUT2D eigenvalue weighted by molar-refractivity contribution is -0.138. The lowest BCUT2D eigenvalue weighted by Gasteiger charge is -2.20. The van der Waals surface area contributed by atoms with Crippen molar-refractivity contribution in [1.82, 2.24) is 9.62 Å². The third-order valence-electron chi connectivity index (χ3n) is 4.42. The molecule has 0 bridgehead atoms. The lowest BCUT2D eigenvalue weighted by atomic mass is 10.2. The quantitative estimate of drug-likeness (QED) is 0.728. The largest absolute Gasteiger partial charge is 0.449 e. The zero-order valence-corrected chi connectivity index (χ0v) is 16.2. The number of amides is 1. The Hall–Kier alpha value is -1.93. The molecule has 0 aliphatic carbocycles. The standard InChI is InChI=1S/C18H26N2O5S/c1-4-13(2)19-26(23,24)16-9-7-15(8-10-16)18(22)25-14(3)17(21)20-11-5-6-12-20/h7-10,13-14,19H,4-6,11-12H2,1-3H3. The highest BCUT2D eigenvalue weighted by molar-refractivity contribution is 7.89. The van der Waals surface area contributed by atoms with Crippen molar-refractivity contribution < 1.29 is 22.7 Å². The van der Waals surface area contributed by atoms with Crippen molar-refractivity contribution in [2.75, 3.05) is 13.1 Å². The van der Waals surface area contributed by atoms with E-state index in [2.05, 4.69) is 4.72 Å². The highest BCUT2D eigenvalue weighted by Gasteiger charge is 2.26. The summed E-state index contributed by atoms with van der Waals surface area (Å²) in [5.41, 5.74) is 0.202. The third kappa shape index (κ3) is 5.04. The second-order valence-electron chi connectivity index (χ2n) is 6.53. The number of nitrogens with zero attached hydrogens (tertiary/aromatic N) is 1. The molecule has 1 fully saturated rings. The SMILES string of the molecule is CCC(C)NS(=O)(=O)c1ccc(C(=O)OC(C)C(=O)N2CCCC2)cc1. The lowest BCUT2D eigenvalue weighted by Crippen LogP contribution is -2.38. The number of hydrogen-bond acceptors (Lipinski definition) is 5. The Labute approximate surface area is 154 Å². The summed E-state index contributed by atoms with van der Waals surface area (Å²) in [5, 5.41) is 0. The molecule has 144 valence electrons. The van der Waals surface area contributed by atoms with E-state index < -0.39 is 22.1 Å². The first-order valence-electron chi connectivity index (χ1n) is 8.86. The van der Waals surface area contributed by atoms with Crippen molar-refractivity contribution in [3.63, 3.8) is 0 Å². The molecule has 1 aliphatic rings. The van der Waals surface area contributed by atoms with Gasteiger partial charge in [0.15, 0.2) is 6.10 Å². The number of benzene rings is 1. The monoisotopic (exact) mass is 382 g/mol. The maximum Gasteiger partial charge on any atom is 0.338 e. The molecular formula is C18H26N2O5S. The fraction of sp³-hybridized carbons (Fsp3) is 0.556. The van der Waals surface area contributed by atoms with Gasteiger partial charge in [-0.05, 0) is 57.4 Å². The van der Waals surface area contributed by atoms with Crippen molar-refractivity contribution in [2.45, 2.75) is 57.1 Å². The fourth-order valence-electron chi connectivity index (χ4n) is 2.66. The molecule has 1 heterocycles. The average Bonchev–Trinajstić information content (AvgIpc) is 3.15. The van der Waals surface area contributed by atoms with Crippen LogP contribution in [0.5, 0.6) is 0 Å². The van der Waals surface area contributed by atoms with E-state index in [1.807, 2.05) is 6.92 Å². The van der Waals surface area contributed by atoms with Crippen molar-refractivity contribution in [2.24, 2.45) is 0 Å². The fourth-order valence-corrected chi connectivity index (χ4v) is 3.99. The second kappa shape index (κ2) is 8.64. The highest BCUT2D eigenvalue weighted by Crippen LogP contribution is 2.15. The summed E-state index contributed by atoms with van der Waals surface area (Å²) < 4.78 is 32.2. The van der Waals surface area contributed by atoms with Crippen LogP contribution in [-0.4, -0.2) is 50.4 Å². The summed E-state index contributed by atoms with van der Waals surface area (Å²) in [4.78, 5) is 26.2. The molecule has 2 atom stereocenters. The Bertz CT molecular complexity index is 739. The van der Waals surface area contributed by atoms with Crippen molar-refractivity contribution in [3.8, 4) is 0 Å². The molecule has 1 aliphatic heterocycles. The van der Waals surface area contributed by atoms with Gasteiger partial charge in [-0.2, -0.15) is 0 Å². The maximum absolute atomic E-state index is 12.2. The van der Waals surface area contributed by atoms with Gasteiger partial charge >= 0.3 is 5.97 Å². The van der Waals surface area contributed by atoms with E-state index in [0.717, 1.165) is 12.8 Å². The van der Waals surface area contributed by atoms with E-state index in [4.69, 9.17) is 4.74 Å². The molecule has 26 heavy (non-hydrogen) atoms. The minimum absolute atomic E-state index is 0.0792. The van der Waals surface area contributed by atoms with Gasteiger partial charge in [0.25, 0.3) is 5.91 Å². The summed E-state index contributed by atoms with van der Waals surface area (Å²) in [7, 11) is -3.62. The number of rotatable bonds is 7. The summed E-state index contributed by atoms with van der Waals surface area (Å²) >= 11 is 0. The van der Waals surface area contributed by atoms with Gasteiger partial charge in [0, 0.05) is 19.1 Å². The molecule has 1 N–H and O–H groups in total. The number of carbonyl (C=O) groups excluding carboxylic acids is 2. The Balaban J connectivity index is 2.01. The van der Waals surface area contributed by atoms with Crippen LogP contribution in [0.15, 0.2) is 29.2 Å². The van der Waals surface area contributed by atoms with Crippen LogP contribution in [0.2, 0.25) is 0 Å². The van der Waals surface area contributed by atoms with Crippen LogP contribution < -0.4 is 4.72 Å². The van der Waals surface area contributed by atoms with Gasteiger partial charge < -0.3 is 9.64 Å². The molecule has 1 amide bonds. The Morgan fingerprint density at radius 2 is 1.73 bits per heavy atom. The van der Waals surface area contributed by atoms with Gasteiger partial charge in [0.2, 0.25) is 10.0 Å². The number of sulfonamides is 1.